The highest BCUT2D eigenvalue weighted by Gasteiger charge is 2.32. The number of amides is 2. The first-order chi connectivity index (χ1) is 12.5. The van der Waals surface area contributed by atoms with E-state index >= 15 is 0 Å². The molecule has 0 spiro atoms. The molecule has 1 aliphatic rings. The Kier molecular flexibility index (Phi) is 5.25. The van der Waals surface area contributed by atoms with Crippen molar-refractivity contribution >= 4 is 11.8 Å². The van der Waals surface area contributed by atoms with Crippen molar-refractivity contribution in [3.05, 3.63) is 58.9 Å². The number of nitrogens with two attached hydrogens (primary N) is 1. The molecule has 136 valence electrons. The summed E-state index contributed by atoms with van der Waals surface area (Å²) in [5.74, 6) is -0.281. The first kappa shape index (κ1) is 18.0. The number of primary amides is 1. The van der Waals surface area contributed by atoms with Crippen LogP contribution in [0, 0.1) is 12.7 Å². The monoisotopic (exact) mass is 356 g/mol. The number of likely N-dealkylation sites (tertiary alicyclic amines) is 1. The third-order valence-corrected chi connectivity index (χ3v) is 4.68. The van der Waals surface area contributed by atoms with Crippen LogP contribution in [0.1, 0.15) is 52.7 Å². The SMILES string of the molecule is Cc1nc([C@H]2CCCN2C(=O)CCc2ccc(F)cc2)ncc1C(N)=O. The van der Waals surface area contributed by atoms with Crippen molar-refractivity contribution < 1.29 is 14.0 Å². The van der Waals surface area contributed by atoms with E-state index in [4.69, 9.17) is 5.73 Å². The minimum atomic E-state index is -0.562. The van der Waals surface area contributed by atoms with Crippen LogP contribution in [0.5, 0.6) is 0 Å². The molecular formula is C19H21FN4O2. The summed E-state index contributed by atoms with van der Waals surface area (Å²) in [5.41, 5.74) is 7.03. The average Bonchev–Trinajstić information content (AvgIpc) is 3.10. The number of halogens is 1. The molecule has 1 atom stereocenters. The lowest BCUT2D eigenvalue weighted by molar-refractivity contribution is -0.132. The van der Waals surface area contributed by atoms with Gasteiger partial charge in [0.25, 0.3) is 5.91 Å². The molecule has 1 aromatic carbocycles. The van der Waals surface area contributed by atoms with E-state index in [1.165, 1.54) is 18.3 Å². The van der Waals surface area contributed by atoms with Crippen molar-refractivity contribution in [2.75, 3.05) is 6.54 Å². The van der Waals surface area contributed by atoms with Gasteiger partial charge in [0.2, 0.25) is 5.91 Å². The van der Waals surface area contributed by atoms with E-state index in [0.29, 0.717) is 36.5 Å². The lowest BCUT2D eigenvalue weighted by atomic mass is 10.1. The van der Waals surface area contributed by atoms with Crippen LogP contribution in [0.4, 0.5) is 4.39 Å². The second kappa shape index (κ2) is 7.59. The Balaban J connectivity index is 1.69. The summed E-state index contributed by atoms with van der Waals surface area (Å²) in [4.78, 5) is 34.4. The van der Waals surface area contributed by atoms with Gasteiger partial charge in [-0.2, -0.15) is 0 Å². The largest absolute Gasteiger partial charge is 0.365 e. The number of carbonyl (C=O) groups excluding carboxylic acids is 2. The number of aromatic nitrogens is 2. The van der Waals surface area contributed by atoms with E-state index in [1.807, 2.05) is 0 Å². The van der Waals surface area contributed by atoms with E-state index < -0.39 is 5.91 Å². The number of rotatable bonds is 5. The standard InChI is InChI=1S/C19H21FN4O2/c1-12-15(18(21)26)11-22-19(23-12)16-3-2-10-24(16)17(25)9-6-13-4-7-14(20)8-5-13/h4-5,7-8,11,16H,2-3,6,9-10H2,1H3,(H2,21,26)/t16-/m1/s1. The van der Waals surface area contributed by atoms with E-state index in [-0.39, 0.29) is 17.8 Å². The molecule has 6 nitrogen and oxygen atoms in total. The predicted molar refractivity (Wildman–Crippen MR) is 93.7 cm³/mol. The van der Waals surface area contributed by atoms with Crippen molar-refractivity contribution in [1.82, 2.24) is 14.9 Å². The molecule has 0 bridgehead atoms. The van der Waals surface area contributed by atoms with Crippen LogP contribution in [0.15, 0.2) is 30.5 Å². The van der Waals surface area contributed by atoms with Gasteiger partial charge in [0.15, 0.2) is 5.82 Å². The quantitative estimate of drug-likeness (QED) is 0.890. The van der Waals surface area contributed by atoms with E-state index in [2.05, 4.69) is 9.97 Å². The average molecular weight is 356 g/mol. The van der Waals surface area contributed by atoms with Gasteiger partial charge in [0, 0.05) is 19.2 Å². The maximum Gasteiger partial charge on any atom is 0.252 e. The summed E-state index contributed by atoms with van der Waals surface area (Å²) >= 11 is 0. The third kappa shape index (κ3) is 3.87. The molecule has 1 fully saturated rings. The summed E-state index contributed by atoms with van der Waals surface area (Å²) in [6, 6.07) is 6.00. The fourth-order valence-electron chi connectivity index (χ4n) is 3.27. The molecule has 2 aromatic rings. The number of aryl methyl sites for hydroxylation is 2. The molecule has 1 aliphatic heterocycles. The van der Waals surface area contributed by atoms with E-state index in [1.54, 1.807) is 24.0 Å². The molecule has 2 amide bonds. The molecule has 0 unspecified atom stereocenters. The highest BCUT2D eigenvalue weighted by atomic mass is 19.1. The number of nitrogens with zero attached hydrogens (tertiary/aromatic N) is 3. The van der Waals surface area contributed by atoms with Crippen molar-refractivity contribution in [1.29, 1.82) is 0 Å². The highest BCUT2D eigenvalue weighted by molar-refractivity contribution is 5.93. The summed E-state index contributed by atoms with van der Waals surface area (Å²) in [6.07, 6.45) is 4.01. The molecule has 26 heavy (non-hydrogen) atoms. The van der Waals surface area contributed by atoms with Gasteiger partial charge < -0.3 is 10.6 Å². The van der Waals surface area contributed by atoms with Gasteiger partial charge >= 0.3 is 0 Å². The van der Waals surface area contributed by atoms with Crippen LogP contribution >= 0.6 is 0 Å². The maximum absolute atomic E-state index is 13.0. The molecule has 0 saturated carbocycles. The summed E-state index contributed by atoms with van der Waals surface area (Å²) < 4.78 is 13.0. The zero-order valence-electron chi connectivity index (χ0n) is 14.6. The normalized spacial score (nSPS) is 16.7. The lowest BCUT2D eigenvalue weighted by Gasteiger charge is -2.24. The predicted octanol–water partition coefficient (Wildman–Crippen LogP) is 2.32. The van der Waals surface area contributed by atoms with Crippen LogP contribution < -0.4 is 5.73 Å². The second-order valence-corrected chi connectivity index (χ2v) is 6.46. The van der Waals surface area contributed by atoms with Crippen molar-refractivity contribution in [3.8, 4) is 0 Å². The zero-order valence-corrected chi connectivity index (χ0v) is 14.6. The Morgan fingerprint density at radius 1 is 1.31 bits per heavy atom. The molecule has 2 heterocycles. The smallest absolute Gasteiger partial charge is 0.252 e. The first-order valence-corrected chi connectivity index (χ1v) is 8.63. The number of hydrogen-bond donors (Lipinski definition) is 1. The second-order valence-electron chi connectivity index (χ2n) is 6.46. The molecule has 7 heteroatoms. The Hall–Kier alpha value is -2.83. The minimum absolute atomic E-state index is 0.0251. The van der Waals surface area contributed by atoms with Gasteiger partial charge in [-0.05, 0) is 43.9 Å². The fourth-order valence-corrected chi connectivity index (χ4v) is 3.27. The fraction of sp³-hybridized carbons (Fsp3) is 0.368. The highest BCUT2D eigenvalue weighted by Crippen LogP contribution is 2.30. The molecule has 0 radical (unpaired) electrons. The Labute approximate surface area is 151 Å². The van der Waals surface area contributed by atoms with Crippen LogP contribution in [0.25, 0.3) is 0 Å². The van der Waals surface area contributed by atoms with Gasteiger partial charge in [-0.25, -0.2) is 14.4 Å². The van der Waals surface area contributed by atoms with Gasteiger partial charge in [-0.1, -0.05) is 12.1 Å². The Bertz CT molecular complexity index is 823. The molecule has 2 N–H and O–H groups in total. The van der Waals surface area contributed by atoms with Crippen LogP contribution in [-0.4, -0.2) is 33.2 Å². The molecule has 0 aliphatic carbocycles. The molecule has 3 rings (SSSR count). The van der Waals surface area contributed by atoms with Crippen molar-refractivity contribution in [2.45, 2.75) is 38.6 Å². The first-order valence-electron chi connectivity index (χ1n) is 8.63. The number of benzene rings is 1. The van der Waals surface area contributed by atoms with Crippen molar-refractivity contribution in [2.24, 2.45) is 5.73 Å². The Morgan fingerprint density at radius 3 is 2.69 bits per heavy atom. The summed E-state index contributed by atoms with van der Waals surface area (Å²) in [7, 11) is 0. The minimum Gasteiger partial charge on any atom is -0.365 e. The zero-order chi connectivity index (χ0) is 18.7. The van der Waals surface area contributed by atoms with Gasteiger partial charge in [-0.3, -0.25) is 9.59 Å². The topological polar surface area (TPSA) is 89.2 Å². The summed E-state index contributed by atoms with van der Waals surface area (Å²) in [5, 5.41) is 0. The number of hydrogen-bond acceptors (Lipinski definition) is 4. The van der Waals surface area contributed by atoms with Gasteiger partial charge in [-0.15, -0.1) is 0 Å². The molecular weight excluding hydrogens is 335 g/mol. The van der Waals surface area contributed by atoms with Gasteiger partial charge in [0.05, 0.1) is 17.3 Å². The molecule has 1 aromatic heterocycles. The van der Waals surface area contributed by atoms with Gasteiger partial charge in [0.1, 0.15) is 5.82 Å². The third-order valence-electron chi connectivity index (χ3n) is 4.68. The van der Waals surface area contributed by atoms with Crippen LogP contribution in [0.2, 0.25) is 0 Å². The van der Waals surface area contributed by atoms with Crippen LogP contribution in [-0.2, 0) is 11.2 Å². The molecule has 1 saturated heterocycles. The number of carbonyl (C=O) groups is 2. The van der Waals surface area contributed by atoms with Crippen molar-refractivity contribution in [3.63, 3.8) is 0 Å². The lowest BCUT2D eigenvalue weighted by Crippen LogP contribution is -2.32. The maximum atomic E-state index is 13.0. The Morgan fingerprint density at radius 2 is 2.04 bits per heavy atom. The van der Waals surface area contributed by atoms with E-state index in [0.717, 1.165) is 18.4 Å². The summed E-state index contributed by atoms with van der Waals surface area (Å²) in [6.45, 7) is 2.37. The van der Waals surface area contributed by atoms with E-state index in [9.17, 15) is 14.0 Å². The van der Waals surface area contributed by atoms with Crippen LogP contribution in [0.3, 0.4) is 0 Å².